The molecule has 0 aliphatic heterocycles. The van der Waals surface area contributed by atoms with Gasteiger partial charge in [0.1, 0.15) is 0 Å². The number of rotatable bonds is 3. The Kier molecular flexibility index (Phi) is 4.14. The van der Waals surface area contributed by atoms with Crippen LogP contribution in [0.5, 0.6) is 0 Å². The maximum Gasteiger partial charge on any atom is -0.0152 e. The molecule has 0 spiro atoms. The summed E-state index contributed by atoms with van der Waals surface area (Å²) in [4.78, 5) is 0. The van der Waals surface area contributed by atoms with Gasteiger partial charge in [-0.25, -0.2) is 0 Å². The molecule has 0 saturated heterocycles. The number of hydrogen-bond donors (Lipinski definition) is 0. The summed E-state index contributed by atoms with van der Waals surface area (Å²) in [6.45, 7) is 4.23. The van der Waals surface area contributed by atoms with Gasteiger partial charge in [0.2, 0.25) is 0 Å². The largest absolute Gasteiger partial charge is 0.0841 e. The minimum atomic E-state index is 1.23. The first-order valence-corrected chi connectivity index (χ1v) is 6.26. The van der Waals surface area contributed by atoms with Crippen LogP contribution in [0.15, 0.2) is 72.3 Å². The van der Waals surface area contributed by atoms with E-state index in [1.54, 1.807) is 0 Å². The van der Waals surface area contributed by atoms with E-state index < -0.39 is 0 Å². The van der Waals surface area contributed by atoms with E-state index in [9.17, 15) is 0 Å². The molecule has 0 aliphatic rings. The van der Waals surface area contributed by atoms with Gasteiger partial charge in [-0.1, -0.05) is 66.7 Å². The third-order valence-electron chi connectivity index (χ3n) is 3.05. The monoisotopic (exact) mass is 234 g/mol. The Morgan fingerprint density at radius 3 is 1.94 bits per heavy atom. The molecule has 0 amide bonds. The lowest BCUT2D eigenvalue weighted by Gasteiger charge is -2.08. The molecule has 0 bridgehead atoms. The maximum atomic E-state index is 2.24. The summed E-state index contributed by atoms with van der Waals surface area (Å²) in [6.07, 6.45) is 4.40. The van der Waals surface area contributed by atoms with Crippen LogP contribution < -0.4 is 0 Å². The Bertz CT molecular complexity index is 545. The van der Waals surface area contributed by atoms with Crippen molar-refractivity contribution in [3.05, 3.63) is 83.4 Å². The summed E-state index contributed by atoms with van der Waals surface area (Å²) in [5.41, 5.74) is 5.07. The maximum absolute atomic E-state index is 2.24. The Morgan fingerprint density at radius 2 is 1.39 bits per heavy atom. The van der Waals surface area contributed by atoms with Gasteiger partial charge < -0.3 is 0 Å². The zero-order chi connectivity index (χ0) is 12.8. The Balaban J connectivity index is 2.48. The molecular weight excluding hydrogens is 216 g/mol. The van der Waals surface area contributed by atoms with Crippen LogP contribution in [0.25, 0.3) is 11.6 Å². The summed E-state index contributed by atoms with van der Waals surface area (Å²) < 4.78 is 0. The molecule has 0 heteroatoms. The van der Waals surface area contributed by atoms with Crippen LogP contribution in [0.3, 0.4) is 0 Å². The highest BCUT2D eigenvalue weighted by Crippen LogP contribution is 2.25. The molecule has 0 aliphatic carbocycles. The molecule has 18 heavy (non-hydrogen) atoms. The van der Waals surface area contributed by atoms with Crippen LogP contribution in [0.4, 0.5) is 0 Å². The zero-order valence-electron chi connectivity index (χ0n) is 10.9. The standard InChI is InChI=1S/C18H18/c1-3-15(2)18(17-12-8-5-9-13-17)14-16-10-6-4-7-11-16/h3-14H,1-2H3. The molecule has 0 aromatic heterocycles. The third kappa shape index (κ3) is 2.98. The van der Waals surface area contributed by atoms with Gasteiger partial charge in [0.25, 0.3) is 0 Å². The molecule has 90 valence electrons. The number of benzene rings is 2. The van der Waals surface area contributed by atoms with Crippen molar-refractivity contribution in [2.24, 2.45) is 0 Å². The predicted molar refractivity (Wildman–Crippen MR) is 80.2 cm³/mol. The highest BCUT2D eigenvalue weighted by molar-refractivity contribution is 5.90. The van der Waals surface area contributed by atoms with Crippen LogP contribution in [-0.2, 0) is 0 Å². The zero-order valence-corrected chi connectivity index (χ0v) is 10.9. The van der Waals surface area contributed by atoms with E-state index in [0.29, 0.717) is 0 Å². The second-order valence-corrected chi connectivity index (χ2v) is 4.31. The van der Waals surface area contributed by atoms with Crippen LogP contribution in [0.1, 0.15) is 25.0 Å². The second kappa shape index (κ2) is 6.02. The first kappa shape index (κ1) is 12.4. The fourth-order valence-electron chi connectivity index (χ4n) is 1.91. The lowest BCUT2D eigenvalue weighted by Crippen LogP contribution is -1.86. The minimum absolute atomic E-state index is 1.23. The van der Waals surface area contributed by atoms with E-state index in [-0.39, 0.29) is 0 Å². The van der Waals surface area contributed by atoms with Gasteiger partial charge in [0.05, 0.1) is 0 Å². The lowest BCUT2D eigenvalue weighted by atomic mass is 9.96. The number of allylic oxidation sites excluding steroid dienone is 3. The van der Waals surface area contributed by atoms with Crippen molar-refractivity contribution in [3.63, 3.8) is 0 Å². The van der Waals surface area contributed by atoms with Crippen molar-refractivity contribution >= 4 is 11.6 Å². The topological polar surface area (TPSA) is 0 Å². The van der Waals surface area contributed by atoms with Crippen LogP contribution in [0, 0.1) is 0 Å². The molecule has 0 atom stereocenters. The highest BCUT2D eigenvalue weighted by atomic mass is 14.1. The van der Waals surface area contributed by atoms with E-state index in [1.807, 2.05) is 6.07 Å². The molecule has 0 heterocycles. The first-order chi connectivity index (χ1) is 8.81. The van der Waals surface area contributed by atoms with Crippen molar-refractivity contribution in [1.82, 2.24) is 0 Å². The first-order valence-electron chi connectivity index (χ1n) is 6.26. The molecular formula is C18H18. The van der Waals surface area contributed by atoms with Gasteiger partial charge >= 0.3 is 0 Å². The molecule has 2 rings (SSSR count). The fourth-order valence-corrected chi connectivity index (χ4v) is 1.91. The van der Waals surface area contributed by atoms with E-state index in [2.05, 4.69) is 80.6 Å². The van der Waals surface area contributed by atoms with E-state index >= 15 is 0 Å². The van der Waals surface area contributed by atoms with Crippen LogP contribution in [-0.4, -0.2) is 0 Å². The van der Waals surface area contributed by atoms with Crippen molar-refractivity contribution in [2.75, 3.05) is 0 Å². The SMILES string of the molecule is CC=C(C)C(=Cc1ccccc1)c1ccccc1. The van der Waals surface area contributed by atoms with Crippen molar-refractivity contribution in [2.45, 2.75) is 13.8 Å². The molecule has 0 unspecified atom stereocenters. The van der Waals surface area contributed by atoms with Gasteiger partial charge in [-0.05, 0) is 42.2 Å². The van der Waals surface area contributed by atoms with Gasteiger partial charge in [-0.3, -0.25) is 0 Å². The highest BCUT2D eigenvalue weighted by Gasteiger charge is 2.02. The van der Waals surface area contributed by atoms with Crippen molar-refractivity contribution in [3.8, 4) is 0 Å². The molecule has 0 N–H and O–H groups in total. The van der Waals surface area contributed by atoms with Gasteiger partial charge in [-0.15, -0.1) is 0 Å². The van der Waals surface area contributed by atoms with Crippen LogP contribution >= 0.6 is 0 Å². The summed E-state index contributed by atoms with van der Waals surface area (Å²) >= 11 is 0. The second-order valence-electron chi connectivity index (χ2n) is 4.31. The van der Waals surface area contributed by atoms with E-state index in [4.69, 9.17) is 0 Å². The van der Waals surface area contributed by atoms with E-state index in [0.717, 1.165) is 0 Å². The number of hydrogen-bond acceptors (Lipinski definition) is 0. The summed E-state index contributed by atoms with van der Waals surface area (Å²) in [5.74, 6) is 0. The smallest absolute Gasteiger partial charge is 0.0152 e. The Morgan fingerprint density at radius 1 is 0.833 bits per heavy atom. The van der Waals surface area contributed by atoms with Crippen molar-refractivity contribution in [1.29, 1.82) is 0 Å². The average molecular weight is 234 g/mol. The van der Waals surface area contributed by atoms with Crippen LogP contribution in [0.2, 0.25) is 0 Å². The normalized spacial score (nSPS) is 12.6. The predicted octanol–water partition coefficient (Wildman–Crippen LogP) is 5.19. The third-order valence-corrected chi connectivity index (χ3v) is 3.05. The molecule has 0 radical (unpaired) electrons. The minimum Gasteiger partial charge on any atom is -0.0841 e. The fraction of sp³-hybridized carbons (Fsp3) is 0.111. The molecule has 0 saturated carbocycles. The molecule has 0 fully saturated rings. The Labute approximate surface area is 109 Å². The molecule has 2 aromatic carbocycles. The summed E-state index contributed by atoms with van der Waals surface area (Å²) in [5, 5.41) is 0. The summed E-state index contributed by atoms with van der Waals surface area (Å²) in [6, 6.07) is 21.0. The molecule has 0 nitrogen and oxygen atoms in total. The quantitative estimate of drug-likeness (QED) is 0.506. The van der Waals surface area contributed by atoms with Gasteiger partial charge in [0, 0.05) is 0 Å². The lowest BCUT2D eigenvalue weighted by molar-refractivity contribution is 1.47. The summed E-state index contributed by atoms with van der Waals surface area (Å²) in [7, 11) is 0. The van der Waals surface area contributed by atoms with Gasteiger partial charge in [-0.2, -0.15) is 0 Å². The average Bonchev–Trinajstić information content (AvgIpc) is 2.46. The Hall–Kier alpha value is -2.08. The molecule has 2 aromatic rings. The van der Waals surface area contributed by atoms with Gasteiger partial charge in [0.15, 0.2) is 0 Å². The van der Waals surface area contributed by atoms with E-state index in [1.165, 1.54) is 22.3 Å². The van der Waals surface area contributed by atoms with Crippen molar-refractivity contribution < 1.29 is 0 Å².